The minimum absolute atomic E-state index is 0.284. The van der Waals surface area contributed by atoms with E-state index in [1.807, 2.05) is 6.04 Å². The van der Waals surface area contributed by atoms with Gasteiger partial charge in [0.15, 0.2) is 0 Å². The molecule has 0 aliphatic heterocycles. The molecule has 0 radical (unpaired) electrons. The smallest absolute Gasteiger partial charge is 0.319 e. The molecule has 0 heterocycles. The highest BCUT2D eigenvalue weighted by molar-refractivity contribution is 5.70. The maximum absolute atomic E-state index is 11.1. The molecule has 0 fully saturated rings. The van der Waals surface area contributed by atoms with Crippen LogP contribution in [-0.4, -0.2) is 5.97 Å². The summed E-state index contributed by atoms with van der Waals surface area (Å²) in [7, 11) is 0. The van der Waals surface area contributed by atoms with Crippen molar-refractivity contribution in [2.75, 3.05) is 0 Å². The SMILES string of the molecule is CCCCC/C=C\C/C=C\CCCCCCCC(=O)OC#CN. The van der Waals surface area contributed by atoms with Gasteiger partial charge in [0, 0.05) is 12.5 Å². The highest BCUT2D eigenvalue weighted by Crippen LogP contribution is 2.08. The molecular formula is C20H33NO2. The van der Waals surface area contributed by atoms with Crippen LogP contribution < -0.4 is 5.73 Å². The summed E-state index contributed by atoms with van der Waals surface area (Å²) in [6.45, 7) is 2.24. The van der Waals surface area contributed by atoms with Crippen LogP contribution in [0, 0.1) is 12.2 Å². The Morgan fingerprint density at radius 3 is 2.17 bits per heavy atom. The van der Waals surface area contributed by atoms with Gasteiger partial charge in [0.05, 0.1) is 0 Å². The van der Waals surface area contributed by atoms with Gasteiger partial charge >= 0.3 is 5.97 Å². The zero-order valence-electron chi connectivity index (χ0n) is 14.7. The van der Waals surface area contributed by atoms with Crippen LogP contribution in [0.15, 0.2) is 24.3 Å². The fraction of sp³-hybridized carbons (Fsp3) is 0.650. The number of nitrogens with two attached hydrogens (primary N) is 1. The van der Waals surface area contributed by atoms with E-state index in [4.69, 9.17) is 5.73 Å². The lowest BCUT2D eigenvalue weighted by Gasteiger charge is -1.99. The second-order valence-corrected chi connectivity index (χ2v) is 5.70. The number of rotatable bonds is 14. The van der Waals surface area contributed by atoms with Crippen molar-refractivity contribution < 1.29 is 9.53 Å². The van der Waals surface area contributed by atoms with E-state index in [0.29, 0.717) is 6.42 Å². The van der Waals surface area contributed by atoms with Gasteiger partial charge in [0.2, 0.25) is 0 Å². The van der Waals surface area contributed by atoms with E-state index in [9.17, 15) is 4.79 Å². The first-order chi connectivity index (χ1) is 11.3. The van der Waals surface area contributed by atoms with Gasteiger partial charge in [-0.25, -0.2) is 0 Å². The molecule has 0 rings (SSSR count). The van der Waals surface area contributed by atoms with E-state index in [2.05, 4.69) is 42.1 Å². The summed E-state index contributed by atoms with van der Waals surface area (Å²) < 4.78 is 4.57. The number of carbonyl (C=O) groups excluding carboxylic acids is 1. The number of unbranched alkanes of at least 4 members (excludes halogenated alkanes) is 8. The fourth-order valence-corrected chi connectivity index (χ4v) is 2.22. The van der Waals surface area contributed by atoms with Crippen molar-refractivity contribution in [2.24, 2.45) is 5.73 Å². The first-order valence-corrected chi connectivity index (χ1v) is 9.01. The van der Waals surface area contributed by atoms with Crippen LogP contribution in [0.3, 0.4) is 0 Å². The predicted octanol–water partition coefficient (Wildman–Crippen LogP) is 5.22. The van der Waals surface area contributed by atoms with Crippen molar-refractivity contribution in [3.8, 4) is 12.2 Å². The van der Waals surface area contributed by atoms with Gasteiger partial charge in [-0.1, -0.05) is 63.3 Å². The van der Waals surface area contributed by atoms with Crippen LogP contribution in [0.4, 0.5) is 0 Å². The molecular weight excluding hydrogens is 286 g/mol. The molecule has 23 heavy (non-hydrogen) atoms. The molecule has 0 saturated carbocycles. The van der Waals surface area contributed by atoms with E-state index in [0.717, 1.165) is 25.7 Å². The standard InChI is InChI=1S/C20H33NO2/c1-2-3-4-5-6-7-8-9-10-11-12-13-14-15-16-17-20(22)23-19-18-21/h6-7,9-10H,2-5,8,11-17,21H2,1H3/b7-6-,10-9-. The monoisotopic (exact) mass is 319 g/mol. The lowest BCUT2D eigenvalue weighted by atomic mass is 10.1. The molecule has 0 aliphatic carbocycles. The summed E-state index contributed by atoms with van der Waals surface area (Å²) in [5.74, 6) is -0.284. The number of hydrogen-bond acceptors (Lipinski definition) is 3. The number of carbonyl (C=O) groups is 1. The largest absolute Gasteiger partial charge is 0.370 e. The number of ether oxygens (including phenoxy) is 1. The van der Waals surface area contributed by atoms with E-state index >= 15 is 0 Å². The summed E-state index contributed by atoms with van der Waals surface area (Å²) in [5.41, 5.74) is 4.91. The van der Waals surface area contributed by atoms with Crippen LogP contribution in [-0.2, 0) is 9.53 Å². The van der Waals surface area contributed by atoms with Gasteiger partial charge < -0.3 is 10.5 Å². The maximum atomic E-state index is 11.1. The Morgan fingerprint density at radius 2 is 1.52 bits per heavy atom. The average molecular weight is 319 g/mol. The van der Waals surface area contributed by atoms with Gasteiger partial charge in [-0.2, -0.15) is 0 Å². The van der Waals surface area contributed by atoms with Gasteiger partial charge in [0.25, 0.3) is 0 Å². The molecule has 0 aromatic heterocycles. The number of esters is 1. The van der Waals surface area contributed by atoms with Crippen molar-refractivity contribution >= 4 is 5.97 Å². The van der Waals surface area contributed by atoms with Crippen LogP contribution in [0.5, 0.6) is 0 Å². The predicted molar refractivity (Wildman–Crippen MR) is 97.4 cm³/mol. The third-order valence-electron chi connectivity index (χ3n) is 3.56. The average Bonchev–Trinajstić information content (AvgIpc) is 2.56. The maximum Gasteiger partial charge on any atom is 0.319 e. The Morgan fingerprint density at radius 1 is 0.913 bits per heavy atom. The summed E-state index contributed by atoms with van der Waals surface area (Å²) in [6.07, 6.45) is 24.5. The Bertz CT molecular complexity index is 388. The van der Waals surface area contributed by atoms with Crippen molar-refractivity contribution in [1.29, 1.82) is 0 Å². The van der Waals surface area contributed by atoms with Gasteiger partial charge in [-0.15, -0.1) is 0 Å². The van der Waals surface area contributed by atoms with Crippen LogP contribution in [0.25, 0.3) is 0 Å². The molecule has 0 aliphatic rings. The molecule has 0 aromatic carbocycles. The van der Waals surface area contributed by atoms with Crippen molar-refractivity contribution in [3.05, 3.63) is 24.3 Å². The minimum atomic E-state index is -0.284. The third kappa shape index (κ3) is 18.3. The number of allylic oxidation sites excluding steroid dienone is 4. The normalized spacial score (nSPS) is 10.8. The lowest BCUT2D eigenvalue weighted by molar-refractivity contribution is -0.136. The van der Waals surface area contributed by atoms with Gasteiger partial charge in [0.1, 0.15) is 6.11 Å². The molecule has 0 unspecified atom stereocenters. The molecule has 0 atom stereocenters. The Kier molecular flexibility index (Phi) is 17.0. The van der Waals surface area contributed by atoms with E-state index in [-0.39, 0.29) is 5.97 Å². The van der Waals surface area contributed by atoms with E-state index < -0.39 is 0 Å². The first-order valence-electron chi connectivity index (χ1n) is 9.01. The highest BCUT2D eigenvalue weighted by Gasteiger charge is 2.00. The second-order valence-electron chi connectivity index (χ2n) is 5.70. The summed E-state index contributed by atoms with van der Waals surface area (Å²) in [5, 5.41) is 0. The molecule has 2 N–H and O–H groups in total. The van der Waals surface area contributed by atoms with E-state index in [1.54, 1.807) is 0 Å². The molecule has 3 nitrogen and oxygen atoms in total. The Labute approximate surface area is 142 Å². The summed E-state index contributed by atoms with van der Waals surface area (Å²) in [6, 6.07) is 2.05. The topological polar surface area (TPSA) is 52.3 Å². The second kappa shape index (κ2) is 18.4. The lowest BCUT2D eigenvalue weighted by Crippen LogP contribution is -1.99. The van der Waals surface area contributed by atoms with E-state index in [1.165, 1.54) is 44.9 Å². The van der Waals surface area contributed by atoms with Crippen LogP contribution in [0.2, 0.25) is 0 Å². The van der Waals surface area contributed by atoms with Crippen LogP contribution >= 0.6 is 0 Å². The third-order valence-corrected chi connectivity index (χ3v) is 3.56. The molecule has 0 bridgehead atoms. The zero-order chi connectivity index (χ0) is 17.0. The highest BCUT2D eigenvalue weighted by atomic mass is 16.5. The molecule has 130 valence electrons. The Hall–Kier alpha value is -1.69. The molecule has 0 spiro atoms. The van der Waals surface area contributed by atoms with Crippen molar-refractivity contribution in [3.63, 3.8) is 0 Å². The first kappa shape index (κ1) is 21.3. The van der Waals surface area contributed by atoms with Gasteiger partial charge in [-0.3, -0.25) is 4.79 Å². The molecule has 0 saturated heterocycles. The summed E-state index contributed by atoms with van der Waals surface area (Å²) in [4.78, 5) is 11.1. The molecule has 0 aromatic rings. The minimum Gasteiger partial charge on any atom is -0.370 e. The molecule has 3 heteroatoms. The Balaban J connectivity index is 3.27. The van der Waals surface area contributed by atoms with Crippen molar-refractivity contribution in [1.82, 2.24) is 0 Å². The van der Waals surface area contributed by atoms with Crippen LogP contribution in [0.1, 0.15) is 84.0 Å². The number of hydrogen-bond donors (Lipinski definition) is 1. The zero-order valence-corrected chi connectivity index (χ0v) is 14.7. The van der Waals surface area contributed by atoms with Gasteiger partial charge in [-0.05, 0) is 38.5 Å². The summed E-state index contributed by atoms with van der Waals surface area (Å²) >= 11 is 0. The quantitative estimate of drug-likeness (QED) is 0.157. The van der Waals surface area contributed by atoms with Crippen molar-refractivity contribution in [2.45, 2.75) is 84.0 Å². The fourth-order valence-electron chi connectivity index (χ4n) is 2.22. The molecule has 0 amide bonds.